The van der Waals surface area contributed by atoms with Crippen LogP contribution in [0.2, 0.25) is 0 Å². The van der Waals surface area contributed by atoms with E-state index in [1.54, 1.807) is 6.07 Å². The number of piperidine rings is 1. The third kappa shape index (κ3) is 3.99. The van der Waals surface area contributed by atoms with Gasteiger partial charge in [-0.2, -0.15) is 0 Å². The fraction of sp³-hybridized carbons (Fsp3) is 0.538. The molecule has 0 aliphatic carbocycles. The first-order valence-corrected chi connectivity index (χ1v) is 7.98. The van der Waals surface area contributed by atoms with E-state index < -0.39 is 10.0 Å². The van der Waals surface area contributed by atoms with Gasteiger partial charge in [-0.1, -0.05) is 12.1 Å². The van der Waals surface area contributed by atoms with Gasteiger partial charge in [-0.3, -0.25) is 4.72 Å². The van der Waals surface area contributed by atoms with E-state index in [1.807, 2.05) is 25.1 Å². The van der Waals surface area contributed by atoms with Crippen LogP contribution in [-0.2, 0) is 10.0 Å². The van der Waals surface area contributed by atoms with Crippen LogP contribution in [0.25, 0.3) is 0 Å². The number of rotatable bonds is 4. The Morgan fingerprint density at radius 3 is 2.72 bits per heavy atom. The summed E-state index contributed by atoms with van der Waals surface area (Å²) in [6.45, 7) is 3.79. The van der Waals surface area contributed by atoms with Gasteiger partial charge in [0, 0.05) is 5.69 Å². The highest BCUT2D eigenvalue weighted by Gasteiger charge is 2.21. The molecular formula is C13H20N2O2S. The first-order chi connectivity index (χ1) is 8.55. The first-order valence-electron chi connectivity index (χ1n) is 6.33. The summed E-state index contributed by atoms with van der Waals surface area (Å²) < 4.78 is 26.8. The van der Waals surface area contributed by atoms with Crippen molar-refractivity contribution in [3.8, 4) is 0 Å². The van der Waals surface area contributed by atoms with Crippen LogP contribution in [-0.4, -0.2) is 27.3 Å². The summed E-state index contributed by atoms with van der Waals surface area (Å²) in [6, 6.07) is 7.44. The van der Waals surface area contributed by atoms with Crippen molar-refractivity contribution in [2.45, 2.75) is 19.8 Å². The largest absolute Gasteiger partial charge is 0.317 e. The summed E-state index contributed by atoms with van der Waals surface area (Å²) in [5.74, 6) is 0.497. The molecule has 18 heavy (non-hydrogen) atoms. The van der Waals surface area contributed by atoms with Crippen LogP contribution in [0.3, 0.4) is 0 Å². The smallest absolute Gasteiger partial charge is 0.232 e. The molecule has 1 aromatic rings. The lowest BCUT2D eigenvalue weighted by atomic mass is 10.0. The fourth-order valence-electron chi connectivity index (χ4n) is 2.29. The Hall–Kier alpha value is -1.07. The van der Waals surface area contributed by atoms with Gasteiger partial charge in [0.05, 0.1) is 5.75 Å². The molecule has 0 aromatic heterocycles. The van der Waals surface area contributed by atoms with Crippen LogP contribution in [0, 0.1) is 12.8 Å². The lowest BCUT2D eigenvalue weighted by Gasteiger charge is -2.22. The van der Waals surface area contributed by atoms with Crippen LogP contribution in [0.1, 0.15) is 18.4 Å². The van der Waals surface area contributed by atoms with Gasteiger partial charge in [-0.25, -0.2) is 8.42 Å². The highest BCUT2D eigenvalue weighted by molar-refractivity contribution is 7.92. The second kappa shape index (κ2) is 5.71. The highest BCUT2D eigenvalue weighted by atomic mass is 32.2. The molecule has 1 aliphatic heterocycles. The average Bonchev–Trinajstić information content (AvgIpc) is 2.28. The molecule has 1 fully saturated rings. The molecule has 1 aliphatic rings. The zero-order valence-corrected chi connectivity index (χ0v) is 11.5. The number of hydrogen-bond donors (Lipinski definition) is 2. The Labute approximate surface area is 109 Å². The van der Waals surface area contributed by atoms with Crippen LogP contribution in [0.15, 0.2) is 24.3 Å². The molecule has 2 rings (SSSR count). The molecule has 0 atom stereocenters. The molecule has 0 radical (unpaired) electrons. The standard InChI is InChI=1S/C13H20N2O2S/c1-11-3-2-4-13(9-11)15-18(16,17)10-12-5-7-14-8-6-12/h2-4,9,12,14-15H,5-8,10H2,1H3. The summed E-state index contributed by atoms with van der Waals surface area (Å²) in [4.78, 5) is 0. The zero-order valence-electron chi connectivity index (χ0n) is 10.6. The van der Waals surface area contributed by atoms with Crippen molar-refractivity contribution >= 4 is 15.7 Å². The summed E-state index contributed by atoms with van der Waals surface area (Å²) in [6.07, 6.45) is 1.88. The second-order valence-corrected chi connectivity index (χ2v) is 6.71. The van der Waals surface area contributed by atoms with Gasteiger partial charge in [0.2, 0.25) is 10.0 Å². The molecule has 0 unspecified atom stereocenters. The van der Waals surface area contributed by atoms with E-state index in [1.165, 1.54) is 0 Å². The maximum absolute atomic E-state index is 12.0. The maximum Gasteiger partial charge on any atom is 0.232 e. The fourth-order valence-corrected chi connectivity index (χ4v) is 3.81. The quantitative estimate of drug-likeness (QED) is 0.874. The zero-order chi connectivity index (χ0) is 13.0. The van der Waals surface area contributed by atoms with Crippen molar-refractivity contribution in [1.29, 1.82) is 0 Å². The number of hydrogen-bond acceptors (Lipinski definition) is 3. The van der Waals surface area contributed by atoms with Crippen molar-refractivity contribution < 1.29 is 8.42 Å². The van der Waals surface area contributed by atoms with Crippen LogP contribution in [0.5, 0.6) is 0 Å². The van der Waals surface area contributed by atoms with Crippen molar-refractivity contribution in [3.63, 3.8) is 0 Å². The van der Waals surface area contributed by atoms with Gasteiger partial charge in [-0.15, -0.1) is 0 Å². The van der Waals surface area contributed by atoms with E-state index in [4.69, 9.17) is 0 Å². The van der Waals surface area contributed by atoms with Gasteiger partial charge in [0.15, 0.2) is 0 Å². The SMILES string of the molecule is Cc1cccc(NS(=O)(=O)CC2CCNCC2)c1. The molecular weight excluding hydrogens is 248 g/mol. The lowest BCUT2D eigenvalue weighted by Crippen LogP contribution is -2.33. The summed E-state index contributed by atoms with van der Waals surface area (Å²) in [5, 5.41) is 3.24. The molecule has 0 bridgehead atoms. The Balaban J connectivity index is 1.98. The van der Waals surface area contributed by atoms with Gasteiger partial charge < -0.3 is 5.32 Å². The predicted molar refractivity (Wildman–Crippen MR) is 74.2 cm³/mol. The van der Waals surface area contributed by atoms with Gasteiger partial charge in [-0.05, 0) is 56.5 Å². The van der Waals surface area contributed by atoms with Crippen molar-refractivity contribution in [2.75, 3.05) is 23.6 Å². The Morgan fingerprint density at radius 1 is 1.33 bits per heavy atom. The molecule has 0 saturated carbocycles. The number of nitrogens with one attached hydrogen (secondary N) is 2. The Morgan fingerprint density at radius 2 is 2.06 bits per heavy atom. The monoisotopic (exact) mass is 268 g/mol. The van der Waals surface area contributed by atoms with E-state index in [9.17, 15) is 8.42 Å². The van der Waals surface area contributed by atoms with Crippen LogP contribution < -0.4 is 10.0 Å². The van der Waals surface area contributed by atoms with Crippen LogP contribution in [0.4, 0.5) is 5.69 Å². The minimum absolute atomic E-state index is 0.225. The second-order valence-electron chi connectivity index (χ2n) is 4.95. The molecule has 1 saturated heterocycles. The van der Waals surface area contributed by atoms with E-state index in [0.717, 1.165) is 31.5 Å². The molecule has 100 valence electrons. The third-order valence-electron chi connectivity index (χ3n) is 3.21. The summed E-state index contributed by atoms with van der Waals surface area (Å²) in [7, 11) is -3.23. The summed E-state index contributed by atoms with van der Waals surface area (Å²) >= 11 is 0. The van der Waals surface area contributed by atoms with E-state index in [-0.39, 0.29) is 11.7 Å². The normalized spacial score (nSPS) is 17.6. The van der Waals surface area contributed by atoms with Gasteiger partial charge >= 0.3 is 0 Å². The molecule has 1 heterocycles. The third-order valence-corrected chi connectivity index (χ3v) is 4.66. The first kappa shape index (κ1) is 13.4. The Kier molecular flexibility index (Phi) is 4.24. The molecule has 2 N–H and O–H groups in total. The minimum Gasteiger partial charge on any atom is -0.317 e. The number of anilines is 1. The number of benzene rings is 1. The molecule has 1 aromatic carbocycles. The molecule has 0 spiro atoms. The van der Waals surface area contributed by atoms with Crippen LogP contribution >= 0.6 is 0 Å². The molecule has 0 amide bonds. The van der Waals surface area contributed by atoms with Gasteiger partial charge in [0.1, 0.15) is 0 Å². The number of aryl methyl sites for hydroxylation is 1. The topological polar surface area (TPSA) is 58.2 Å². The Bertz CT molecular complexity index is 493. The number of sulfonamides is 1. The van der Waals surface area contributed by atoms with Crippen molar-refractivity contribution in [3.05, 3.63) is 29.8 Å². The average molecular weight is 268 g/mol. The van der Waals surface area contributed by atoms with Crippen molar-refractivity contribution in [2.24, 2.45) is 5.92 Å². The summed E-state index contributed by atoms with van der Waals surface area (Å²) in [5.41, 5.74) is 1.71. The van der Waals surface area contributed by atoms with Gasteiger partial charge in [0.25, 0.3) is 0 Å². The van der Waals surface area contributed by atoms with E-state index >= 15 is 0 Å². The lowest BCUT2D eigenvalue weighted by molar-refractivity contribution is 0.402. The maximum atomic E-state index is 12.0. The molecule has 4 nitrogen and oxygen atoms in total. The van der Waals surface area contributed by atoms with E-state index in [2.05, 4.69) is 10.0 Å². The van der Waals surface area contributed by atoms with E-state index in [0.29, 0.717) is 5.69 Å². The minimum atomic E-state index is -3.23. The van der Waals surface area contributed by atoms with Crippen molar-refractivity contribution in [1.82, 2.24) is 5.32 Å². The molecule has 5 heteroatoms. The predicted octanol–water partition coefficient (Wildman–Crippen LogP) is 1.74. The highest BCUT2D eigenvalue weighted by Crippen LogP contribution is 2.17.